The molecular weight excluding hydrogens is 234 g/mol. The van der Waals surface area contributed by atoms with Crippen LogP contribution in [-0.4, -0.2) is 43.1 Å². The van der Waals surface area contributed by atoms with Crippen molar-refractivity contribution in [3.8, 4) is 0 Å². The third-order valence-corrected chi connectivity index (χ3v) is 3.27. The van der Waals surface area contributed by atoms with Crippen molar-refractivity contribution < 1.29 is 14.0 Å². The first-order chi connectivity index (χ1) is 8.81. The molecule has 1 aliphatic carbocycles. The lowest BCUT2D eigenvalue weighted by atomic mass is 10.1. The molecule has 2 atom stereocenters. The first kappa shape index (κ1) is 13.5. The molecular formula is C12H21N3O3. The Morgan fingerprint density at radius 2 is 2.22 bits per heavy atom. The van der Waals surface area contributed by atoms with Gasteiger partial charge in [0.2, 0.25) is 5.89 Å². The van der Waals surface area contributed by atoms with Crippen LogP contribution >= 0.6 is 0 Å². The van der Waals surface area contributed by atoms with E-state index < -0.39 is 0 Å². The Morgan fingerprint density at radius 1 is 1.33 bits per heavy atom. The maximum absolute atomic E-state index is 6.01. The van der Waals surface area contributed by atoms with Gasteiger partial charge in [-0.1, -0.05) is 11.6 Å². The standard InChI is InChI=1S/C12H21N3O3/c1-16-7-8-17-6-5-11-14-12(18-15-11)9-3-2-4-10(9)13/h9-10H,2-8,13H2,1H3. The summed E-state index contributed by atoms with van der Waals surface area (Å²) in [5, 5.41) is 3.96. The van der Waals surface area contributed by atoms with Crippen molar-refractivity contribution in [1.82, 2.24) is 10.1 Å². The zero-order valence-electron chi connectivity index (χ0n) is 10.8. The van der Waals surface area contributed by atoms with Crippen molar-refractivity contribution in [3.05, 3.63) is 11.7 Å². The van der Waals surface area contributed by atoms with Crippen LogP contribution in [0.1, 0.15) is 36.9 Å². The van der Waals surface area contributed by atoms with Crippen molar-refractivity contribution in [2.45, 2.75) is 37.6 Å². The summed E-state index contributed by atoms with van der Waals surface area (Å²) in [4.78, 5) is 4.39. The lowest BCUT2D eigenvalue weighted by Gasteiger charge is -2.08. The number of hydrogen-bond acceptors (Lipinski definition) is 6. The Hall–Kier alpha value is -0.980. The summed E-state index contributed by atoms with van der Waals surface area (Å²) < 4.78 is 15.5. The number of hydrogen-bond donors (Lipinski definition) is 1. The quantitative estimate of drug-likeness (QED) is 0.728. The molecule has 0 radical (unpaired) electrons. The summed E-state index contributed by atoms with van der Waals surface area (Å²) in [7, 11) is 1.65. The molecule has 2 N–H and O–H groups in total. The number of rotatable bonds is 7. The van der Waals surface area contributed by atoms with Gasteiger partial charge in [0.15, 0.2) is 5.82 Å². The van der Waals surface area contributed by atoms with E-state index in [2.05, 4.69) is 10.1 Å². The minimum absolute atomic E-state index is 0.163. The van der Waals surface area contributed by atoms with Gasteiger partial charge in [0, 0.05) is 19.6 Å². The summed E-state index contributed by atoms with van der Waals surface area (Å²) >= 11 is 0. The van der Waals surface area contributed by atoms with Gasteiger partial charge < -0.3 is 19.7 Å². The third-order valence-electron chi connectivity index (χ3n) is 3.27. The van der Waals surface area contributed by atoms with E-state index in [0.29, 0.717) is 38.0 Å². The number of nitrogens with two attached hydrogens (primary N) is 1. The molecule has 1 saturated carbocycles. The van der Waals surface area contributed by atoms with Crippen molar-refractivity contribution in [2.24, 2.45) is 5.73 Å². The van der Waals surface area contributed by atoms with Gasteiger partial charge in [-0.2, -0.15) is 4.98 Å². The average molecular weight is 255 g/mol. The first-order valence-corrected chi connectivity index (χ1v) is 6.46. The molecule has 1 aromatic heterocycles. The maximum atomic E-state index is 6.01. The molecule has 1 heterocycles. The van der Waals surface area contributed by atoms with Gasteiger partial charge in [-0.15, -0.1) is 0 Å². The van der Waals surface area contributed by atoms with Crippen LogP contribution in [0.4, 0.5) is 0 Å². The molecule has 0 aromatic carbocycles. The predicted molar refractivity (Wildman–Crippen MR) is 65.3 cm³/mol. The van der Waals surface area contributed by atoms with Crippen LogP contribution in [0.3, 0.4) is 0 Å². The fourth-order valence-electron chi connectivity index (χ4n) is 2.22. The van der Waals surface area contributed by atoms with E-state index in [0.717, 1.165) is 19.3 Å². The molecule has 18 heavy (non-hydrogen) atoms. The summed E-state index contributed by atoms with van der Waals surface area (Å²) in [6.07, 6.45) is 3.90. The van der Waals surface area contributed by atoms with Crippen LogP contribution in [0.15, 0.2) is 4.52 Å². The van der Waals surface area contributed by atoms with Crippen LogP contribution in [0.2, 0.25) is 0 Å². The Bertz CT molecular complexity index is 356. The smallest absolute Gasteiger partial charge is 0.231 e. The minimum Gasteiger partial charge on any atom is -0.382 e. The maximum Gasteiger partial charge on any atom is 0.231 e. The van der Waals surface area contributed by atoms with Gasteiger partial charge in [-0.05, 0) is 12.8 Å². The van der Waals surface area contributed by atoms with Gasteiger partial charge in [0.05, 0.1) is 25.7 Å². The number of methoxy groups -OCH3 is 1. The van der Waals surface area contributed by atoms with E-state index in [1.807, 2.05) is 0 Å². The molecule has 0 saturated heterocycles. The largest absolute Gasteiger partial charge is 0.382 e. The Balaban J connectivity index is 1.75. The molecule has 0 spiro atoms. The molecule has 1 aliphatic rings. The topological polar surface area (TPSA) is 83.4 Å². The third kappa shape index (κ3) is 3.51. The van der Waals surface area contributed by atoms with E-state index in [1.54, 1.807) is 7.11 Å². The SMILES string of the molecule is COCCOCCc1noc(C2CCCC2N)n1. The second-order valence-corrected chi connectivity index (χ2v) is 4.61. The van der Waals surface area contributed by atoms with Crippen molar-refractivity contribution in [1.29, 1.82) is 0 Å². The Morgan fingerprint density at radius 3 is 2.94 bits per heavy atom. The van der Waals surface area contributed by atoms with E-state index in [4.69, 9.17) is 19.7 Å². The van der Waals surface area contributed by atoms with Crippen LogP contribution in [0.25, 0.3) is 0 Å². The molecule has 1 aromatic rings. The molecule has 0 amide bonds. The monoisotopic (exact) mass is 255 g/mol. The van der Waals surface area contributed by atoms with Gasteiger partial charge in [-0.3, -0.25) is 0 Å². The molecule has 6 nitrogen and oxygen atoms in total. The van der Waals surface area contributed by atoms with E-state index >= 15 is 0 Å². The number of nitrogens with zero attached hydrogens (tertiary/aromatic N) is 2. The van der Waals surface area contributed by atoms with Crippen LogP contribution in [0.5, 0.6) is 0 Å². The zero-order chi connectivity index (χ0) is 12.8. The zero-order valence-corrected chi connectivity index (χ0v) is 10.8. The molecule has 2 rings (SSSR count). The van der Waals surface area contributed by atoms with Gasteiger partial charge in [0.1, 0.15) is 0 Å². The highest BCUT2D eigenvalue weighted by Crippen LogP contribution is 2.32. The molecule has 2 unspecified atom stereocenters. The fourth-order valence-corrected chi connectivity index (χ4v) is 2.22. The van der Waals surface area contributed by atoms with Crippen LogP contribution < -0.4 is 5.73 Å². The molecule has 1 fully saturated rings. The minimum atomic E-state index is 0.163. The lowest BCUT2D eigenvalue weighted by Crippen LogP contribution is -2.22. The molecule has 0 bridgehead atoms. The summed E-state index contributed by atoms with van der Waals surface area (Å²) in [5.41, 5.74) is 6.01. The first-order valence-electron chi connectivity index (χ1n) is 6.46. The van der Waals surface area contributed by atoms with Crippen LogP contribution in [0, 0.1) is 0 Å². The summed E-state index contributed by atoms with van der Waals surface area (Å²) in [6, 6.07) is 0.163. The van der Waals surface area contributed by atoms with E-state index in [9.17, 15) is 0 Å². The van der Waals surface area contributed by atoms with Crippen molar-refractivity contribution in [3.63, 3.8) is 0 Å². The number of ether oxygens (including phenoxy) is 2. The Labute approximate surface area is 107 Å². The van der Waals surface area contributed by atoms with Gasteiger partial charge in [0.25, 0.3) is 0 Å². The lowest BCUT2D eigenvalue weighted by molar-refractivity contribution is 0.0714. The summed E-state index contributed by atoms with van der Waals surface area (Å²) in [6.45, 7) is 1.78. The van der Waals surface area contributed by atoms with Gasteiger partial charge >= 0.3 is 0 Å². The second-order valence-electron chi connectivity index (χ2n) is 4.61. The summed E-state index contributed by atoms with van der Waals surface area (Å²) in [5.74, 6) is 1.62. The molecule has 102 valence electrons. The molecule has 6 heteroatoms. The highest BCUT2D eigenvalue weighted by molar-refractivity contribution is 5.02. The van der Waals surface area contributed by atoms with E-state index in [-0.39, 0.29) is 12.0 Å². The predicted octanol–water partition coefficient (Wildman–Crippen LogP) is 0.870. The normalized spacial score (nSPS) is 23.7. The van der Waals surface area contributed by atoms with Crippen molar-refractivity contribution >= 4 is 0 Å². The highest BCUT2D eigenvalue weighted by atomic mass is 16.5. The number of aromatic nitrogens is 2. The van der Waals surface area contributed by atoms with Crippen LogP contribution in [-0.2, 0) is 15.9 Å². The Kier molecular flexibility index (Phi) is 5.10. The average Bonchev–Trinajstić information content (AvgIpc) is 2.97. The highest BCUT2D eigenvalue weighted by Gasteiger charge is 2.30. The van der Waals surface area contributed by atoms with Crippen molar-refractivity contribution in [2.75, 3.05) is 26.9 Å². The second kappa shape index (κ2) is 6.82. The fraction of sp³-hybridized carbons (Fsp3) is 0.833. The van der Waals surface area contributed by atoms with E-state index in [1.165, 1.54) is 0 Å². The van der Waals surface area contributed by atoms with Gasteiger partial charge in [-0.25, -0.2) is 0 Å². The molecule has 0 aliphatic heterocycles.